The number of rotatable bonds is 3. The van der Waals surface area contributed by atoms with Gasteiger partial charge in [0.2, 0.25) is 0 Å². The largest absolute Gasteiger partial charge is 0.324 e. The van der Waals surface area contributed by atoms with E-state index in [4.69, 9.17) is 0 Å². The van der Waals surface area contributed by atoms with Gasteiger partial charge >= 0.3 is 5.00 Å². The van der Waals surface area contributed by atoms with Gasteiger partial charge in [-0.3, -0.25) is 14.9 Å². The molecule has 1 aromatic heterocycles. The molecule has 2 aromatic rings. The number of nitrogens with zero attached hydrogens (tertiary/aromatic N) is 1. The number of hydrogen-bond donors (Lipinski definition) is 1. The summed E-state index contributed by atoms with van der Waals surface area (Å²) in [5.41, 5.74) is 0.663. The number of nitrogens with one attached hydrogen (secondary N) is 1. The molecule has 0 unspecified atom stereocenters. The van der Waals surface area contributed by atoms with E-state index in [-0.39, 0.29) is 10.9 Å². The predicted molar refractivity (Wildman–Crippen MR) is 78.1 cm³/mol. The first-order chi connectivity index (χ1) is 8.56. The first kappa shape index (κ1) is 13.0. The minimum atomic E-state index is -0.508. The molecule has 2 rings (SSSR count). The number of amides is 1. The molecule has 1 heterocycles. The van der Waals surface area contributed by atoms with E-state index in [1.165, 1.54) is 12.1 Å². The number of carbonyl (C=O) groups excluding carboxylic acids is 1. The van der Waals surface area contributed by atoms with E-state index in [0.717, 1.165) is 14.9 Å². The van der Waals surface area contributed by atoms with Crippen LogP contribution in [0.2, 0.25) is 0 Å². The molecule has 1 N–H and O–H groups in total. The quantitative estimate of drug-likeness (QED) is 0.508. The Kier molecular flexibility index (Phi) is 3.92. The van der Waals surface area contributed by atoms with Gasteiger partial charge in [0, 0.05) is 15.3 Å². The van der Waals surface area contributed by atoms with E-state index in [1.54, 1.807) is 12.1 Å². The van der Waals surface area contributed by atoms with Crippen molar-refractivity contribution in [1.29, 1.82) is 0 Å². The third-order valence-electron chi connectivity index (χ3n) is 2.10. The molecule has 0 aliphatic heterocycles. The van der Waals surface area contributed by atoms with Gasteiger partial charge in [-0.05, 0) is 52.9 Å². The van der Waals surface area contributed by atoms with Crippen molar-refractivity contribution in [3.63, 3.8) is 0 Å². The molecule has 0 saturated heterocycles. The van der Waals surface area contributed by atoms with Crippen molar-refractivity contribution >= 4 is 50.5 Å². The zero-order valence-electron chi connectivity index (χ0n) is 8.92. The van der Waals surface area contributed by atoms with E-state index >= 15 is 0 Å². The van der Waals surface area contributed by atoms with Gasteiger partial charge in [0.15, 0.2) is 0 Å². The van der Waals surface area contributed by atoms with Gasteiger partial charge in [0.05, 0.1) is 9.80 Å². The molecule has 0 saturated carbocycles. The monoisotopic (exact) mass is 374 g/mol. The minimum Gasteiger partial charge on any atom is -0.321 e. The second-order valence-electron chi connectivity index (χ2n) is 3.36. The zero-order valence-corrected chi connectivity index (χ0v) is 11.9. The molecule has 7 heteroatoms. The van der Waals surface area contributed by atoms with Crippen LogP contribution in [0.5, 0.6) is 0 Å². The van der Waals surface area contributed by atoms with Gasteiger partial charge in [0.25, 0.3) is 5.91 Å². The highest BCUT2D eigenvalue weighted by Gasteiger charge is 2.15. The summed E-state index contributed by atoms with van der Waals surface area (Å²) in [5, 5.41) is 13.2. The molecule has 92 valence electrons. The van der Waals surface area contributed by atoms with Gasteiger partial charge < -0.3 is 5.32 Å². The molecule has 0 aliphatic carbocycles. The number of halogens is 1. The zero-order chi connectivity index (χ0) is 13.1. The fourth-order valence-electron chi connectivity index (χ4n) is 1.27. The second kappa shape index (κ2) is 5.44. The summed E-state index contributed by atoms with van der Waals surface area (Å²) in [6.45, 7) is 0. The van der Waals surface area contributed by atoms with Crippen LogP contribution >= 0.6 is 33.9 Å². The standard InChI is InChI=1S/C11H7IN2O3S/c12-7-1-3-8(4-2-7)13-11(15)9-5-6-10(18-9)14(16)17/h1-6H,(H,13,15). The van der Waals surface area contributed by atoms with Crippen LogP contribution in [0.15, 0.2) is 36.4 Å². The predicted octanol–water partition coefficient (Wildman–Crippen LogP) is 3.51. The lowest BCUT2D eigenvalue weighted by Crippen LogP contribution is -2.09. The maximum Gasteiger partial charge on any atom is 0.324 e. The molecule has 0 atom stereocenters. The number of nitro groups is 1. The van der Waals surface area contributed by atoms with Crippen LogP contribution in [0.4, 0.5) is 10.7 Å². The molecular weight excluding hydrogens is 367 g/mol. The number of benzene rings is 1. The van der Waals surface area contributed by atoms with Gasteiger partial charge in [-0.2, -0.15) is 0 Å². The van der Waals surface area contributed by atoms with E-state index < -0.39 is 4.92 Å². The summed E-state index contributed by atoms with van der Waals surface area (Å²) >= 11 is 3.03. The summed E-state index contributed by atoms with van der Waals surface area (Å²) in [7, 11) is 0. The van der Waals surface area contributed by atoms with E-state index in [1.807, 2.05) is 12.1 Å². The maximum atomic E-state index is 11.8. The van der Waals surface area contributed by atoms with Crippen molar-refractivity contribution in [3.05, 3.63) is 55.0 Å². The molecule has 18 heavy (non-hydrogen) atoms. The van der Waals surface area contributed by atoms with Gasteiger partial charge in [-0.15, -0.1) is 0 Å². The molecular formula is C11H7IN2O3S. The Hall–Kier alpha value is -1.48. The van der Waals surface area contributed by atoms with Gasteiger partial charge in [0.1, 0.15) is 0 Å². The third kappa shape index (κ3) is 3.05. The lowest BCUT2D eigenvalue weighted by molar-refractivity contribution is -0.380. The summed E-state index contributed by atoms with van der Waals surface area (Å²) in [5.74, 6) is -0.339. The van der Waals surface area contributed by atoms with Gasteiger partial charge in [-0.25, -0.2) is 0 Å². The highest BCUT2D eigenvalue weighted by atomic mass is 127. The van der Waals surface area contributed by atoms with Crippen molar-refractivity contribution in [2.45, 2.75) is 0 Å². The number of thiophene rings is 1. The van der Waals surface area contributed by atoms with Crippen LogP contribution in [0.1, 0.15) is 9.67 Å². The Balaban J connectivity index is 2.11. The lowest BCUT2D eigenvalue weighted by atomic mass is 10.3. The average molecular weight is 374 g/mol. The van der Waals surface area contributed by atoms with Crippen LogP contribution in [-0.2, 0) is 0 Å². The SMILES string of the molecule is O=C(Nc1ccc(I)cc1)c1ccc([N+](=O)[O-])s1. The Morgan fingerprint density at radius 2 is 1.89 bits per heavy atom. The minimum absolute atomic E-state index is 0.0391. The molecule has 1 aromatic carbocycles. The molecule has 0 spiro atoms. The highest BCUT2D eigenvalue weighted by Crippen LogP contribution is 2.24. The van der Waals surface area contributed by atoms with Crippen LogP contribution in [0.3, 0.4) is 0 Å². The Labute approximate surface area is 120 Å². The number of carbonyl (C=O) groups is 1. The van der Waals surface area contributed by atoms with Crippen molar-refractivity contribution in [2.24, 2.45) is 0 Å². The molecule has 0 radical (unpaired) electrons. The molecule has 0 bridgehead atoms. The molecule has 5 nitrogen and oxygen atoms in total. The number of anilines is 1. The molecule has 0 aliphatic rings. The smallest absolute Gasteiger partial charge is 0.321 e. The second-order valence-corrected chi connectivity index (χ2v) is 5.66. The maximum absolute atomic E-state index is 11.8. The van der Waals surface area contributed by atoms with Crippen LogP contribution in [-0.4, -0.2) is 10.8 Å². The van der Waals surface area contributed by atoms with Crippen molar-refractivity contribution in [3.8, 4) is 0 Å². The van der Waals surface area contributed by atoms with Crippen LogP contribution in [0, 0.1) is 13.7 Å². The first-order valence-corrected chi connectivity index (χ1v) is 6.77. The van der Waals surface area contributed by atoms with E-state index in [9.17, 15) is 14.9 Å². The Morgan fingerprint density at radius 3 is 2.44 bits per heavy atom. The van der Waals surface area contributed by atoms with Crippen molar-refractivity contribution < 1.29 is 9.72 Å². The van der Waals surface area contributed by atoms with E-state index in [2.05, 4.69) is 27.9 Å². The summed E-state index contributed by atoms with van der Waals surface area (Å²) in [6, 6.07) is 10.1. The van der Waals surface area contributed by atoms with Crippen LogP contribution in [0.25, 0.3) is 0 Å². The normalized spacial score (nSPS) is 10.1. The molecule has 0 fully saturated rings. The lowest BCUT2D eigenvalue weighted by Gasteiger charge is -2.02. The summed E-state index contributed by atoms with van der Waals surface area (Å²) < 4.78 is 1.07. The molecule has 1 amide bonds. The summed E-state index contributed by atoms with van der Waals surface area (Å²) in [4.78, 5) is 22.1. The number of hydrogen-bond acceptors (Lipinski definition) is 4. The Morgan fingerprint density at radius 1 is 1.22 bits per heavy atom. The van der Waals surface area contributed by atoms with E-state index in [0.29, 0.717) is 10.6 Å². The average Bonchev–Trinajstić information content (AvgIpc) is 2.81. The van der Waals surface area contributed by atoms with Crippen LogP contribution < -0.4 is 5.32 Å². The Bertz CT molecular complexity index is 595. The third-order valence-corrected chi connectivity index (χ3v) is 3.85. The fourth-order valence-corrected chi connectivity index (χ4v) is 2.35. The van der Waals surface area contributed by atoms with Crippen molar-refractivity contribution in [1.82, 2.24) is 0 Å². The fraction of sp³-hybridized carbons (Fsp3) is 0. The first-order valence-electron chi connectivity index (χ1n) is 4.87. The van der Waals surface area contributed by atoms with Gasteiger partial charge in [-0.1, -0.05) is 11.3 Å². The summed E-state index contributed by atoms with van der Waals surface area (Å²) in [6.07, 6.45) is 0. The highest BCUT2D eigenvalue weighted by molar-refractivity contribution is 14.1. The topological polar surface area (TPSA) is 72.2 Å². The van der Waals surface area contributed by atoms with Crippen molar-refractivity contribution in [2.75, 3.05) is 5.32 Å².